The third-order valence-electron chi connectivity index (χ3n) is 5.81. The van der Waals surface area contributed by atoms with Crippen molar-refractivity contribution in [2.75, 3.05) is 26.2 Å². The summed E-state index contributed by atoms with van der Waals surface area (Å²) in [6.07, 6.45) is 22.2. The van der Waals surface area contributed by atoms with Crippen molar-refractivity contribution < 1.29 is 34.2 Å². The molecule has 186 valence electrons. The van der Waals surface area contributed by atoms with E-state index in [0.29, 0.717) is 6.42 Å². The Hall–Kier alpha value is -1.89. The van der Waals surface area contributed by atoms with Crippen LogP contribution in [0.3, 0.4) is 0 Å². The Labute approximate surface area is 194 Å². The van der Waals surface area contributed by atoms with E-state index < -0.39 is 42.0 Å². The first-order valence-electron chi connectivity index (χ1n) is 12.5. The lowest BCUT2D eigenvalue weighted by Crippen LogP contribution is -2.57. The minimum absolute atomic E-state index is 0.233. The molecule has 0 aliphatic carbocycles. The van der Waals surface area contributed by atoms with Gasteiger partial charge in [0.15, 0.2) is 19.6 Å². The van der Waals surface area contributed by atoms with Crippen LogP contribution in [0.5, 0.6) is 0 Å². The van der Waals surface area contributed by atoms with Crippen LogP contribution in [-0.4, -0.2) is 63.9 Å². The average molecular weight is 457 g/mol. The summed E-state index contributed by atoms with van der Waals surface area (Å²) in [7, 11) is 0. The van der Waals surface area contributed by atoms with Crippen LogP contribution >= 0.6 is 0 Å². The molecule has 3 N–H and O–H groups in total. The second-order valence-corrected chi connectivity index (χ2v) is 9.01. The Morgan fingerprint density at radius 3 is 1.28 bits per heavy atom. The second kappa shape index (κ2) is 19.8. The molecule has 7 heteroatoms. The van der Waals surface area contributed by atoms with Crippen molar-refractivity contribution >= 4 is 17.9 Å². The topological polar surface area (TPSA) is 112 Å². The van der Waals surface area contributed by atoms with Crippen LogP contribution in [-0.2, 0) is 14.4 Å². The van der Waals surface area contributed by atoms with E-state index >= 15 is 0 Å². The van der Waals surface area contributed by atoms with Crippen LogP contribution in [0.4, 0.5) is 0 Å². The summed E-state index contributed by atoms with van der Waals surface area (Å²) in [6, 6.07) is 0. The first-order valence-corrected chi connectivity index (χ1v) is 12.5. The highest BCUT2D eigenvalue weighted by Crippen LogP contribution is 2.13. The van der Waals surface area contributed by atoms with Crippen LogP contribution in [0.25, 0.3) is 0 Å². The van der Waals surface area contributed by atoms with E-state index in [4.69, 9.17) is 15.3 Å². The second-order valence-electron chi connectivity index (χ2n) is 9.01. The third-order valence-corrected chi connectivity index (χ3v) is 5.81. The molecular formula is C25H46NO6+. The van der Waals surface area contributed by atoms with Crippen molar-refractivity contribution in [3.05, 3.63) is 12.2 Å². The number of hydrogen-bond acceptors (Lipinski definition) is 3. The average Bonchev–Trinajstić information content (AvgIpc) is 2.68. The van der Waals surface area contributed by atoms with Crippen molar-refractivity contribution in [2.45, 2.75) is 103 Å². The minimum Gasteiger partial charge on any atom is -0.477 e. The molecule has 0 aromatic carbocycles. The van der Waals surface area contributed by atoms with Gasteiger partial charge in [-0.05, 0) is 32.1 Å². The van der Waals surface area contributed by atoms with Crippen LogP contribution < -0.4 is 0 Å². The van der Waals surface area contributed by atoms with E-state index in [-0.39, 0.29) is 6.54 Å². The highest BCUT2D eigenvalue weighted by Gasteiger charge is 2.35. The Bertz CT molecular complexity index is 506. The van der Waals surface area contributed by atoms with Crippen LogP contribution in [0.1, 0.15) is 103 Å². The molecular weight excluding hydrogens is 410 g/mol. The Kier molecular flexibility index (Phi) is 18.6. The molecule has 0 rings (SSSR count). The molecule has 0 spiro atoms. The quantitative estimate of drug-likeness (QED) is 0.107. The molecule has 0 amide bonds. The van der Waals surface area contributed by atoms with E-state index in [2.05, 4.69) is 19.1 Å². The number of nitrogens with zero attached hydrogens (tertiary/aromatic N) is 1. The Morgan fingerprint density at radius 2 is 0.906 bits per heavy atom. The predicted molar refractivity (Wildman–Crippen MR) is 127 cm³/mol. The number of rotatable bonds is 23. The highest BCUT2D eigenvalue weighted by atomic mass is 16.4. The summed E-state index contributed by atoms with van der Waals surface area (Å²) < 4.78 is -0.456. The van der Waals surface area contributed by atoms with Gasteiger partial charge in [0.1, 0.15) is 0 Å². The number of carboxylic acid groups (broad SMARTS) is 3. The number of unbranched alkanes of at least 4 members (excludes halogenated alkanes) is 13. The molecule has 0 bridgehead atoms. The Balaban J connectivity index is 3.89. The van der Waals surface area contributed by atoms with E-state index in [9.17, 15) is 14.4 Å². The van der Waals surface area contributed by atoms with Crippen LogP contribution in [0, 0.1) is 0 Å². The van der Waals surface area contributed by atoms with Gasteiger partial charge in [0.25, 0.3) is 0 Å². The van der Waals surface area contributed by atoms with Gasteiger partial charge in [-0.2, -0.15) is 0 Å². The minimum atomic E-state index is -1.18. The fourth-order valence-electron chi connectivity index (χ4n) is 4.14. The summed E-state index contributed by atoms with van der Waals surface area (Å²) in [4.78, 5) is 33.4. The molecule has 0 heterocycles. The molecule has 0 unspecified atom stereocenters. The van der Waals surface area contributed by atoms with Gasteiger partial charge in [-0.3, -0.25) is 4.48 Å². The van der Waals surface area contributed by atoms with Gasteiger partial charge >= 0.3 is 17.9 Å². The summed E-state index contributed by atoms with van der Waals surface area (Å²) in [5.41, 5.74) is 0. The van der Waals surface area contributed by atoms with E-state index in [0.717, 1.165) is 19.3 Å². The van der Waals surface area contributed by atoms with Crippen LogP contribution in [0.2, 0.25) is 0 Å². The first kappa shape index (κ1) is 30.1. The van der Waals surface area contributed by atoms with Crippen molar-refractivity contribution in [1.29, 1.82) is 0 Å². The predicted octanol–water partition coefficient (Wildman–Crippen LogP) is 5.48. The molecule has 7 nitrogen and oxygen atoms in total. The fourth-order valence-corrected chi connectivity index (χ4v) is 4.14. The van der Waals surface area contributed by atoms with Gasteiger partial charge in [0.05, 0.1) is 6.54 Å². The number of aliphatic carboxylic acids is 3. The molecule has 0 saturated carbocycles. The van der Waals surface area contributed by atoms with E-state index in [1.807, 2.05) is 0 Å². The van der Waals surface area contributed by atoms with Gasteiger partial charge in [-0.25, -0.2) is 14.4 Å². The summed E-state index contributed by atoms with van der Waals surface area (Å²) in [5.74, 6) is -3.54. The number of hydrogen-bond donors (Lipinski definition) is 3. The largest absolute Gasteiger partial charge is 0.477 e. The molecule has 0 aromatic rings. The lowest BCUT2D eigenvalue weighted by molar-refractivity contribution is -0.907. The van der Waals surface area contributed by atoms with Crippen molar-refractivity contribution in [3.63, 3.8) is 0 Å². The molecule has 0 aromatic heterocycles. The fraction of sp³-hybridized carbons (Fsp3) is 0.800. The number of carboxylic acids is 3. The summed E-state index contributed by atoms with van der Waals surface area (Å²) in [6.45, 7) is 1.00. The zero-order chi connectivity index (χ0) is 24.1. The van der Waals surface area contributed by atoms with E-state index in [1.165, 1.54) is 70.6 Å². The van der Waals surface area contributed by atoms with Crippen molar-refractivity contribution in [1.82, 2.24) is 0 Å². The van der Waals surface area contributed by atoms with E-state index in [1.54, 1.807) is 0 Å². The zero-order valence-corrected chi connectivity index (χ0v) is 20.1. The SMILES string of the molecule is CCCCCCCCCCCCC/C=C/CCCC[N+](CC(=O)O)(CC(=O)O)CC(=O)O. The molecule has 0 aliphatic rings. The van der Waals surface area contributed by atoms with Gasteiger partial charge < -0.3 is 15.3 Å². The smallest absolute Gasteiger partial charge is 0.359 e. The molecule has 0 atom stereocenters. The normalized spacial score (nSPS) is 11.8. The molecule has 0 aliphatic heterocycles. The molecule has 0 saturated heterocycles. The summed E-state index contributed by atoms with van der Waals surface area (Å²) in [5, 5.41) is 27.3. The maximum Gasteiger partial charge on any atom is 0.359 e. The maximum absolute atomic E-state index is 11.1. The number of quaternary nitrogens is 1. The van der Waals surface area contributed by atoms with Crippen molar-refractivity contribution in [2.24, 2.45) is 0 Å². The van der Waals surface area contributed by atoms with Crippen LogP contribution in [0.15, 0.2) is 12.2 Å². The van der Waals surface area contributed by atoms with Gasteiger partial charge in [0.2, 0.25) is 0 Å². The van der Waals surface area contributed by atoms with Gasteiger partial charge in [-0.1, -0.05) is 83.3 Å². The number of carbonyl (C=O) groups is 3. The monoisotopic (exact) mass is 456 g/mol. The summed E-state index contributed by atoms with van der Waals surface area (Å²) >= 11 is 0. The Morgan fingerprint density at radius 1 is 0.562 bits per heavy atom. The maximum atomic E-state index is 11.1. The molecule has 32 heavy (non-hydrogen) atoms. The standard InChI is InChI=1S/C25H45NO6/c1-2-3-4-5-6-7-8-9-10-11-12-13-14-15-16-17-18-19-26(20-23(27)28,21-24(29)30)22-25(31)32/h14-15H,2-13,16-22H2,1H3,(H2-,27,28,29,30,31,32)/p+1/b15-14+. The molecule has 0 radical (unpaired) electrons. The number of allylic oxidation sites excluding steroid dienone is 2. The van der Waals surface area contributed by atoms with Crippen molar-refractivity contribution in [3.8, 4) is 0 Å². The molecule has 0 fully saturated rings. The zero-order valence-electron chi connectivity index (χ0n) is 20.1. The highest BCUT2D eigenvalue weighted by molar-refractivity contribution is 5.73. The van der Waals surface area contributed by atoms with Gasteiger partial charge in [-0.15, -0.1) is 0 Å². The third kappa shape index (κ3) is 18.8. The lowest BCUT2D eigenvalue weighted by atomic mass is 10.1. The first-order chi connectivity index (χ1) is 15.3. The van der Waals surface area contributed by atoms with Gasteiger partial charge in [0, 0.05) is 0 Å². The lowest BCUT2D eigenvalue weighted by Gasteiger charge is -2.34.